The summed E-state index contributed by atoms with van der Waals surface area (Å²) >= 11 is 5.88. The highest BCUT2D eigenvalue weighted by molar-refractivity contribution is 7.93. The van der Waals surface area contributed by atoms with Crippen LogP contribution in [0.2, 0.25) is 5.02 Å². The molecule has 3 aromatic rings. The van der Waals surface area contributed by atoms with E-state index in [2.05, 4.69) is 6.92 Å². The third-order valence-electron chi connectivity index (χ3n) is 4.86. The average Bonchev–Trinajstić information content (AvgIpc) is 2.78. The number of nitrogens with zero attached hydrogens (tertiary/aromatic N) is 2. The highest BCUT2D eigenvalue weighted by Gasteiger charge is 2.35. The molecule has 1 amide bonds. The van der Waals surface area contributed by atoms with Crippen molar-refractivity contribution in [1.29, 1.82) is 0 Å². The molecular weight excluding hydrogens is 452 g/mol. The number of para-hydroxylation sites is 1. The zero-order valence-corrected chi connectivity index (χ0v) is 18.8. The number of aryl methyl sites for hydroxylation is 1. The van der Waals surface area contributed by atoms with Crippen molar-refractivity contribution < 1.29 is 18.1 Å². The first kappa shape index (κ1) is 23.4. The van der Waals surface area contributed by atoms with E-state index in [9.17, 15) is 23.3 Å². The fourth-order valence-corrected chi connectivity index (χ4v) is 4.71. The van der Waals surface area contributed by atoms with Crippen LogP contribution in [0.3, 0.4) is 0 Å². The van der Waals surface area contributed by atoms with Crippen LogP contribution in [-0.2, 0) is 16.4 Å². The van der Waals surface area contributed by atoms with Gasteiger partial charge in [0, 0.05) is 11.1 Å². The van der Waals surface area contributed by atoms with Crippen LogP contribution in [-0.4, -0.2) is 19.2 Å². The summed E-state index contributed by atoms with van der Waals surface area (Å²) in [4.78, 5) is 24.0. The lowest BCUT2D eigenvalue weighted by Crippen LogP contribution is -2.37. The summed E-state index contributed by atoms with van der Waals surface area (Å²) in [5.74, 6) is -1.02. The molecule has 3 rings (SSSR count). The summed E-state index contributed by atoms with van der Waals surface area (Å²) in [6.07, 6.45) is 2.80. The van der Waals surface area contributed by atoms with Gasteiger partial charge < -0.3 is 0 Å². The maximum absolute atomic E-state index is 13.5. The van der Waals surface area contributed by atoms with E-state index in [1.165, 1.54) is 54.6 Å². The number of sulfonamides is 1. The minimum atomic E-state index is -4.39. The minimum absolute atomic E-state index is 0.0864. The molecule has 0 spiro atoms. The number of hydrogen-bond acceptors (Lipinski definition) is 5. The number of anilines is 1. The van der Waals surface area contributed by atoms with E-state index in [0.29, 0.717) is 9.33 Å². The highest BCUT2D eigenvalue weighted by atomic mass is 35.5. The molecule has 0 saturated heterocycles. The van der Waals surface area contributed by atoms with E-state index >= 15 is 0 Å². The van der Waals surface area contributed by atoms with Crippen molar-refractivity contribution in [2.45, 2.75) is 31.1 Å². The molecule has 0 atom stereocenters. The molecule has 0 N–H and O–H groups in total. The van der Waals surface area contributed by atoms with Gasteiger partial charge in [-0.2, -0.15) is 4.31 Å². The predicted molar refractivity (Wildman–Crippen MR) is 124 cm³/mol. The lowest BCUT2D eigenvalue weighted by molar-refractivity contribution is -0.385. The number of carbonyl (C=O) groups is 1. The van der Waals surface area contributed by atoms with Crippen LogP contribution in [0.1, 0.15) is 35.7 Å². The number of rotatable bonds is 8. The number of nitro benzene ring substituents is 1. The summed E-state index contributed by atoms with van der Waals surface area (Å²) in [5.41, 5.74) is 0.277. The number of amides is 1. The smallest absolute Gasteiger partial charge is 0.267 e. The Labute approximate surface area is 191 Å². The second kappa shape index (κ2) is 9.93. The topological polar surface area (TPSA) is 97.6 Å². The molecule has 0 heterocycles. The van der Waals surface area contributed by atoms with Crippen molar-refractivity contribution in [3.8, 4) is 0 Å². The van der Waals surface area contributed by atoms with Gasteiger partial charge in [0.1, 0.15) is 5.56 Å². The van der Waals surface area contributed by atoms with Gasteiger partial charge in [-0.3, -0.25) is 14.9 Å². The number of hydrogen-bond donors (Lipinski definition) is 0. The Bertz CT molecular complexity index is 1230. The lowest BCUT2D eigenvalue weighted by Gasteiger charge is -2.23. The van der Waals surface area contributed by atoms with Crippen molar-refractivity contribution in [2.24, 2.45) is 0 Å². The molecule has 0 aliphatic rings. The summed E-state index contributed by atoms with van der Waals surface area (Å²) in [5, 5.41) is 11.8. The maximum atomic E-state index is 13.5. The first-order valence-electron chi connectivity index (χ1n) is 9.93. The second-order valence-electron chi connectivity index (χ2n) is 7.07. The third kappa shape index (κ3) is 4.98. The van der Waals surface area contributed by atoms with E-state index in [1.54, 1.807) is 12.1 Å². The Morgan fingerprint density at radius 2 is 1.62 bits per heavy atom. The first-order chi connectivity index (χ1) is 15.3. The number of unbranched alkanes of at least 4 members (excludes halogenated alkanes) is 1. The summed E-state index contributed by atoms with van der Waals surface area (Å²) in [6, 6.07) is 17.2. The molecule has 0 aromatic heterocycles. The Kier molecular flexibility index (Phi) is 7.27. The van der Waals surface area contributed by atoms with Gasteiger partial charge in [0.15, 0.2) is 0 Å². The Morgan fingerprint density at radius 1 is 1.00 bits per heavy atom. The molecule has 0 aliphatic heterocycles. The Morgan fingerprint density at radius 3 is 2.22 bits per heavy atom. The van der Waals surface area contributed by atoms with Gasteiger partial charge in [-0.05, 0) is 60.9 Å². The molecular formula is C23H21ClN2O5S. The van der Waals surface area contributed by atoms with Crippen LogP contribution in [0.4, 0.5) is 11.4 Å². The zero-order valence-electron chi connectivity index (χ0n) is 17.3. The number of nitro groups is 1. The van der Waals surface area contributed by atoms with Gasteiger partial charge in [0.05, 0.1) is 15.5 Å². The van der Waals surface area contributed by atoms with Crippen molar-refractivity contribution in [3.63, 3.8) is 0 Å². The van der Waals surface area contributed by atoms with E-state index < -0.39 is 26.5 Å². The number of halogens is 1. The van der Waals surface area contributed by atoms with Crippen molar-refractivity contribution in [2.75, 3.05) is 4.31 Å². The highest BCUT2D eigenvalue weighted by Crippen LogP contribution is 2.30. The van der Waals surface area contributed by atoms with Gasteiger partial charge in [0.25, 0.3) is 21.6 Å². The summed E-state index contributed by atoms with van der Waals surface area (Å²) in [7, 11) is -4.39. The molecule has 0 radical (unpaired) electrons. The van der Waals surface area contributed by atoms with Gasteiger partial charge in [-0.15, -0.1) is 0 Å². The zero-order chi connectivity index (χ0) is 23.3. The lowest BCUT2D eigenvalue weighted by atomic mass is 10.1. The monoisotopic (exact) mass is 472 g/mol. The van der Waals surface area contributed by atoms with Crippen LogP contribution in [0.25, 0.3) is 0 Å². The van der Waals surface area contributed by atoms with Crippen molar-refractivity contribution in [1.82, 2.24) is 0 Å². The van der Waals surface area contributed by atoms with Gasteiger partial charge in [-0.1, -0.05) is 49.2 Å². The quantitative estimate of drug-likeness (QED) is 0.312. The Balaban J connectivity index is 2.15. The van der Waals surface area contributed by atoms with Crippen LogP contribution in [0.15, 0.2) is 77.7 Å². The molecule has 32 heavy (non-hydrogen) atoms. The average molecular weight is 473 g/mol. The van der Waals surface area contributed by atoms with Crippen molar-refractivity contribution in [3.05, 3.63) is 99.1 Å². The van der Waals surface area contributed by atoms with E-state index in [1.807, 2.05) is 0 Å². The summed E-state index contributed by atoms with van der Waals surface area (Å²) in [6.45, 7) is 2.07. The first-order valence-corrected chi connectivity index (χ1v) is 11.7. The number of benzene rings is 3. The SMILES string of the molecule is CCCCc1ccc(N(C(=O)c2ccccc2[N+](=O)[O-])S(=O)(=O)c2ccc(Cl)cc2)cc1. The van der Waals surface area contributed by atoms with E-state index in [0.717, 1.165) is 30.9 Å². The molecule has 7 nitrogen and oxygen atoms in total. The molecule has 0 fully saturated rings. The van der Waals surface area contributed by atoms with Crippen LogP contribution >= 0.6 is 11.6 Å². The normalized spacial score (nSPS) is 11.2. The number of carbonyl (C=O) groups excluding carboxylic acids is 1. The molecule has 0 aliphatic carbocycles. The molecule has 0 saturated carbocycles. The molecule has 0 bridgehead atoms. The van der Waals surface area contributed by atoms with E-state index in [-0.39, 0.29) is 16.1 Å². The van der Waals surface area contributed by atoms with Crippen LogP contribution in [0, 0.1) is 10.1 Å². The van der Waals surface area contributed by atoms with Crippen LogP contribution < -0.4 is 4.31 Å². The fraction of sp³-hybridized carbons (Fsp3) is 0.174. The van der Waals surface area contributed by atoms with Gasteiger partial charge in [0.2, 0.25) is 0 Å². The largest absolute Gasteiger partial charge is 0.282 e. The summed E-state index contributed by atoms with van der Waals surface area (Å²) < 4.78 is 27.6. The van der Waals surface area contributed by atoms with Gasteiger partial charge in [-0.25, -0.2) is 8.42 Å². The van der Waals surface area contributed by atoms with Gasteiger partial charge >= 0.3 is 0 Å². The third-order valence-corrected chi connectivity index (χ3v) is 6.83. The maximum Gasteiger partial charge on any atom is 0.282 e. The van der Waals surface area contributed by atoms with Crippen molar-refractivity contribution >= 4 is 38.9 Å². The standard InChI is InChI=1S/C23H21ClN2O5S/c1-2-3-6-17-9-13-19(14-10-17)25(32(30,31)20-15-11-18(24)12-16-20)23(27)21-7-4-5-8-22(21)26(28)29/h4-5,7-16H,2-3,6H2,1H3. The van der Waals surface area contributed by atoms with E-state index in [4.69, 9.17) is 11.6 Å². The minimum Gasteiger partial charge on any atom is -0.267 e. The molecule has 0 unspecified atom stereocenters. The predicted octanol–water partition coefficient (Wildman–Crippen LogP) is 5.63. The molecule has 3 aromatic carbocycles. The Hall–Kier alpha value is -3.23. The second-order valence-corrected chi connectivity index (χ2v) is 9.30. The molecule has 9 heteroatoms. The molecule has 166 valence electrons. The van der Waals surface area contributed by atoms with Crippen LogP contribution in [0.5, 0.6) is 0 Å². The fourth-order valence-electron chi connectivity index (χ4n) is 3.18.